The summed E-state index contributed by atoms with van der Waals surface area (Å²) in [6, 6.07) is 3.62. The molecule has 1 aliphatic rings. The summed E-state index contributed by atoms with van der Waals surface area (Å²) in [5, 5.41) is 20.8. The lowest BCUT2D eigenvalue weighted by atomic mass is 9.77. The zero-order valence-electron chi connectivity index (χ0n) is 10.5. The van der Waals surface area contributed by atoms with Crippen LogP contribution in [0.3, 0.4) is 0 Å². The molecule has 100 valence electrons. The molecule has 0 spiro atoms. The average Bonchev–Trinajstić information content (AvgIpc) is 2.94. The van der Waals surface area contributed by atoms with Gasteiger partial charge in [-0.15, -0.1) is 5.10 Å². The third-order valence-corrected chi connectivity index (χ3v) is 3.68. The normalized spacial score (nSPS) is 17.1. The summed E-state index contributed by atoms with van der Waals surface area (Å²) < 4.78 is 6.99. The van der Waals surface area contributed by atoms with Gasteiger partial charge in [-0.2, -0.15) is 0 Å². The lowest BCUT2D eigenvalue weighted by Gasteiger charge is -2.37. The molecule has 0 unspecified atom stereocenters. The van der Waals surface area contributed by atoms with Crippen molar-refractivity contribution >= 4 is 5.97 Å². The number of hydrogen-bond donors (Lipinski definition) is 1. The maximum atomic E-state index is 11.5. The Balaban J connectivity index is 2.05. The van der Waals surface area contributed by atoms with Gasteiger partial charge in [-0.3, -0.25) is 0 Å². The molecule has 0 amide bonds. The van der Waals surface area contributed by atoms with Crippen LogP contribution in [0.1, 0.15) is 31.9 Å². The van der Waals surface area contributed by atoms with E-state index in [0.29, 0.717) is 24.4 Å². The molecular formula is C12H14N4O3. The van der Waals surface area contributed by atoms with Crippen molar-refractivity contribution in [1.29, 1.82) is 0 Å². The second-order valence-electron chi connectivity index (χ2n) is 4.72. The van der Waals surface area contributed by atoms with E-state index in [2.05, 4.69) is 15.5 Å². The molecular weight excluding hydrogens is 248 g/mol. The number of aliphatic carboxylic acids is 1. The maximum absolute atomic E-state index is 11.5. The molecule has 1 aliphatic carbocycles. The molecule has 0 saturated heterocycles. The quantitative estimate of drug-likeness (QED) is 0.896. The van der Waals surface area contributed by atoms with Crippen molar-refractivity contribution in [2.24, 2.45) is 0 Å². The lowest BCUT2D eigenvalue weighted by molar-refractivity contribution is -0.153. The summed E-state index contributed by atoms with van der Waals surface area (Å²) in [7, 11) is 0. The molecule has 2 aromatic heterocycles. The van der Waals surface area contributed by atoms with E-state index in [4.69, 9.17) is 4.42 Å². The molecule has 0 aliphatic heterocycles. The van der Waals surface area contributed by atoms with Crippen LogP contribution >= 0.6 is 0 Å². The number of nitrogens with zero attached hydrogens (tertiary/aromatic N) is 4. The number of tetrazole rings is 1. The van der Waals surface area contributed by atoms with E-state index in [-0.39, 0.29) is 0 Å². The fourth-order valence-corrected chi connectivity index (χ4v) is 2.35. The molecule has 0 atom stereocenters. The van der Waals surface area contributed by atoms with Crippen molar-refractivity contribution in [2.45, 2.75) is 38.1 Å². The number of hydrogen-bond acceptors (Lipinski definition) is 5. The van der Waals surface area contributed by atoms with Crippen LogP contribution in [0.5, 0.6) is 0 Å². The molecule has 2 heterocycles. The monoisotopic (exact) mass is 262 g/mol. The van der Waals surface area contributed by atoms with Crippen LogP contribution < -0.4 is 0 Å². The predicted molar refractivity (Wildman–Crippen MR) is 64.4 cm³/mol. The molecule has 0 radical (unpaired) electrons. The molecule has 19 heavy (non-hydrogen) atoms. The Morgan fingerprint density at radius 1 is 1.53 bits per heavy atom. The van der Waals surface area contributed by atoms with Gasteiger partial charge < -0.3 is 9.52 Å². The average molecular weight is 262 g/mol. The minimum Gasteiger partial charge on any atom is -0.479 e. The Morgan fingerprint density at radius 2 is 2.32 bits per heavy atom. The summed E-state index contributed by atoms with van der Waals surface area (Å²) in [5.41, 5.74) is -1.02. The van der Waals surface area contributed by atoms with Crippen LogP contribution in [0.4, 0.5) is 0 Å². The van der Waals surface area contributed by atoms with Gasteiger partial charge in [0.1, 0.15) is 5.76 Å². The van der Waals surface area contributed by atoms with Gasteiger partial charge in [0.15, 0.2) is 11.3 Å². The molecule has 7 heteroatoms. The molecule has 0 bridgehead atoms. The van der Waals surface area contributed by atoms with Crippen LogP contribution in [-0.2, 0) is 16.8 Å². The maximum Gasteiger partial charge on any atom is 0.331 e. The Morgan fingerprint density at radius 3 is 2.84 bits per heavy atom. The van der Waals surface area contributed by atoms with Gasteiger partial charge in [0.05, 0.1) is 0 Å². The highest BCUT2D eigenvalue weighted by atomic mass is 16.4. The number of aryl methyl sites for hydroxylation is 1. The van der Waals surface area contributed by atoms with Crippen molar-refractivity contribution in [3.63, 3.8) is 0 Å². The van der Waals surface area contributed by atoms with Crippen molar-refractivity contribution in [3.05, 3.63) is 17.9 Å². The third kappa shape index (κ3) is 1.65. The van der Waals surface area contributed by atoms with E-state index in [1.165, 1.54) is 4.68 Å². The molecule has 3 rings (SSSR count). The van der Waals surface area contributed by atoms with E-state index in [0.717, 1.165) is 18.6 Å². The summed E-state index contributed by atoms with van der Waals surface area (Å²) in [4.78, 5) is 11.5. The summed E-state index contributed by atoms with van der Waals surface area (Å²) >= 11 is 0. The van der Waals surface area contributed by atoms with Gasteiger partial charge in [0.25, 0.3) is 0 Å². The number of aromatic nitrogens is 4. The number of carboxylic acids is 1. The van der Waals surface area contributed by atoms with Gasteiger partial charge in [0, 0.05) is 6.42 Å². The van der Waals surface area contributed by atoms with E-state index < -0.39 is 11.5 Å². The largest absolute Gasteiger partial charge is 0.479 e. The van der Waals surface area contributed by atoms with E-state index in [1.807, 2.05) is 13.0 Å². The topological polar surface area (TPSA) is 94.0 Å². The van der Waals surface area contributed by atoms with Gasteiger partial charge in [-0.05, 0) is 41.8 Å². The van der Waals surface area contributed by atoms with Gasteiger partial charge in [-0.25, -0.2) is 9.48 Å². The summed E-state index contributed by atoms with van der Waals surface area (Å²) in [6.45, 7) is 1.98. The fraction of sp³-hybridized carbons (Fsp3) is 0.500. The van der Waals surface area contributed by atoms with E-state index in [9.17, 15) is 9.90 Å². The zero-order valence-corrected chi connectivity index (χ0v) is 10.5. The Bertz CT molecular complexity index is 612. The second kappa shape index (κ2) is 4.18. The highest BCUT2D eigenvalue weighted by molar-refractivity contribution is 5.78. The summed E-state index contributed by atoms with van der Waals surface area (Å²) in [6.07, 6.45) is 2.72. The number of carboxylic acid groups (broad SMARTS) is 1. The molecule has 0 aromatic carbocycles. The first-order valence-corrected chi connectivity index (χ1v) is 6.29. The number of furan rings is 1. The molecule has 1 fully saturated rings. The standard InChI is InChI=1S/C12H14N4O3/c1-2-8-4-5-9(19-8)10-13-14-15-16(10)12(11(17)18)6-3-7-12/h4-5H,2-3,6-7H2,1H3,(H,17,18). The fourth-order valence-electron chi connectivity index (χ4n) is 2.35. The Kier molecular flexibility index (Phi) is 2.62. The van der Waals surface area contributed by atoms with Crippen molar-refractivity contribution in [1.82, 2.24) is 20.2 Å². The highest BCUT2D eigenvalue weighted by Gasteiger charge is 2.49. The number of carbonyl (C=O) groups is 1. The van der Waals surface area contributed by atoms with Crippen LogP contribution in [0.25, 0.3) is 11.6 Å². The van der Waals surface area contributed by atoms with Crippen LogP contribution in [0.15, 0.2) is 16.5 Å². The minimum atomic E-state index is -1.02. The predicted octanol–water partition coefficient (Wildman–Crippen LogP) is 1.46. The Labute approximate surface area is 109 Å². The van der Waals surface area contributed by atoms with E-state index in [1.54, 1.807) is 6.07 Å². The highest BCUT2D eigenvalue weighted by Crippen LogP contribution is 2.41. The van der Waals surface area contributed by atoms with Gasteiger partial charge in [0.2, 0.25) is 5.82 Å². The molecule has 1 N–H and O–H groups in total. The lowest BCUT2D eigenvalue weighted by Crippen LogP contribution is -2.48. The molecule has 2 aromatic rings. The van der Waals surface area contributed by atoms with Crippen molar-refractivity contribution in [2.75, 3.05) is 0 Å². The van der Waals surface area contributed by atoms with Gasteiger partial charge in [-0.1, -0.05) is 6.92 Å². The minimum absolute atomic E-state index is 0.377. The number of rotatable bonds is 4. The Hall–Kier alpha value is -2.18. The van der Waals surface area contributed by atoms with Gasteiger partial charge >= 0.3 is 5.97 Å². The first kappa shape index (κ1) is 11.9. The van der Waals surface area contributed by atoms with Crippen molar-refractivity contribution < 1.29 is 14.3 Å². The molecule has 1 saturated carbocycles. The first-order valence-electron chi connectivity index (χ1n) is 6.29. The van der Waals surface area contributed by atoms with Crippen molar-refractivity contribution in [3.8, 4) is 11.6 Å². The van der Waals surface area contributed by atoms with Crippen LogP contribution in [0, 0.1) is 0 Å². The zero-order chi connectivity index (χ0) is 13.5. The van der Waals surface area contributed by atoms with Crippen LogP contribution in [0.2, 0.25) is 0 Å². The summed E-state index contributed by atoms with van der Waals surface area (Å²) in [5.74, 6) is 0.813. The third-order valence-electron chi connectivity index (χ3n) is 3.68. The van der Waals surface area contributed by atoms with E-state index >= 15 is 0 Å². The van der Waals surface area contributed by atoms with Crippen LogP contribution in [-0.4, -0.2) is 31.3 Å². The SMILES string of the molecule is CCc1ccc(-c2nnnn2C2(C(=O)O)CCC2)o1. The first-order chi connectivity index (χ1) is 9.17. The second-order valence-corrected chi connectivity index (χ2v) is 4.72. The molecule has 7 nitrogen and oxygen atoms in total. The smallest absolute Gasteiger partial charge is 0.331 e.